The number of ether oxygens (including phenoxy) is 1. The van der Waals surface area contributed by atoms with E-state index >= 15 is 0 Å². The Kier molecular flexibility index (Phi) is 4.32. The molecule has 2 aliphatic rings. The summed E-state index contributed by atoms with van der Waals surface area (Å²) in [5.74, 6) is 0.152. The lowest BCUT2D eigenvalue weighted by atomic mass is 9.95. The number of fused-ring (bicyclic) bond motifs is 3. The predicted molar refractivity (Wildman–Crippen MR) is 111 cm³/mol. The van der Waals surface area contributed by atoms with E-state index in [0.717, 1.165) is 27.6 Å². The Bertz CT molecular complexity index is 1190. The maximum Gasteiger partial charge on any atom is 0.407 e. The average Bonchev–Trinajstić information content (AvgIpc) is 3.15. The molecule has 30 heavy (non-hydrogen) atoms. The Morgan fingerprint density at radius 2 is 2.07 bits per heavy atom. The number of H-pyrrole nitrogens is 1. The third-order valence-corrected chi connectivity index (χ3v) is 6.24. The molecule has 5 rings (SSSR count). The molecule has 3 aromatic rings. The maximum atomic E-state index is 13.2. The molecule has 0 unspecified atom stereocenters. The first-order valence-electron chi connectivity index (χ1n) is 9.63. The minimum absolute atomic E-state index is 0.181. The van der Waals surface area contributed by atoms with Gasteiger partial charge < -0.3 is 19.6 Å². The highest BCUT2D eigenvalue weighted by atomic mass is 35.5. The van der Waals surface area contributed by atoms with Crippen molar-refractivity contribution in [1.82, 2.24) is 20.0 Å². The number of carbonyl (C=O) groups excluding carboxylic acids is 1. The van der Waals surface area contributed by atoms with Gasteiger partial charge in [0.15, 0.2) is 5.75 Å². The summed E-state index contributed by atoms with van der Waals surface area (Å²) in [7, 11) is 0. The number of halogens is 1. The van der Waals surface area contributed by atoms with Crippen LogP contribution in [0.25, 0.3) is 22.0 Å². The fraction of sp³-hybridized carbons (Fsp3) is 0.286. The van der Waals surface area contributed by atoms with Gasteiger partial charge in [0.1, 0.15) is 6.61 Å². The number of carboxylic acid groups (broad SMARTS) is 1. The van der Waals surface area contributed by atoms with Crippen molar-refractivity contribution < 1.29 is 19.4 Å². The van der Waals surface area contributed by atoms with Gasteiger partial charge in [-0.2, -0.15) is 5.10 Å². The van der Waals surface area contributed by atoms with Crippen LogP contribution in [0.5, 0.6) is 5.75 Å². The summed E-state index contributed by atoms with van der Waals surface area (Å²) < 4.78 is 6.01. The number of aryl methyl sites for hydroxylation is 1. The smallest absolute Gasteiger partial charge is 0.407 e. The van der Waals surface area contributed by atoms with Gasteiger partial charge in [0, 0.05) is 30.6 Å². The van der Waals surface area contributed by atoms with Crippen LogP contribution in [0.3, 0.4) is 0 Å². The van der Waals surface area contributed by atoms with Crippen molar-refractivity contribution in [2.75, 3.05) is 26.2 Å². The average molecular weight is 427 g/mol. The minimum Gasteiger partial charge on any atom is -0.489 e. The quantitative estimate of drug-likeness (QED) is 0.621. The van der Waals surface area contributed by atoms with E-state index in [4.69, 9.17) is 16.3 Å². The van der Waals surface area contributed by atoms with Crippen LogP contribution in [-0.4, -0.2) is 69.4 Å². The van der Waals surface area contributed by atoms with Crippen LogP contribution in [0.4, 0.5) is 4.79 Å². The molecule has 8 nitrogen and oxygen atoms in total. The number of rotatable bonds is 1. The first-order chi connectivity index (χ1) is 14.5. The van der Waals surface area contributed by atoms with Gasteiger partial charge in [0.2, 0.25) is 0 Å². The van der Waals surface area contributed by atoms with Crippen molar-refractivity contribution in [3.05, 3.63) is 46.6 Å². The van der Waals surface area contributed by atoms with Crippen LogP contribution in [0.15, 0.2) is 30.5 Å². The third kappa shape index (κ3) is 2.79. The molecule has 0 saturated carbocycles. The molecule has 3 heterocycles. The number of amides is 2. The van der Waals surface area contributed by atoms with Crippen molar-refractivity contribution in [3.8, 4) is 16.9 Å². The molecule has 154 valence electrons. The first kappa shape index (κ1) is 18.7. The molecule has 2 amide bonds. The second kappa shape index (κ2) is 6.91. The summed E-state index contributed by atoms with van der Waals surface area (Å²) in [4.78, 5) is 27.5. The second-order valence-electron chi connectivity index (χ2n) is 7.58. The fourth-order valence-electron chi connectivity index (χ4n) is 4.32. The summed E-state index contributed by atoms with van der Waals surface area (Å²) >= 11 is 6.78. The molecule has 2 N–H and O–H groups in total. The molecule has 1 saturated heterocycles. The van der Waals surface area contributed by atoms with E-state index in [1.165, 1.54) is 4.90 Å². The summed E-state index contributed by atoms with van der Waals surface area (Å²) in [5.41, 5.74) is 4.01. The number of aromatic nitrogens is 2. The number of nitrogens with one attached hydrogen (secondary N) is 1. The molecule has 0 spiro atoms. The number of piperazine rings is 1. The summed E-state index contributed by atoms with van der Waals surface area (Å²) in [6, 6.07) is 7.18. The van der Waals surface area contributed by atoms with Crippen molar-refractivity contribution in [3.63, 3.8) is 0 Å². The van der Waals surface area contributed by atoms with Crippen LogP contribution >= 0.6 is 11.6 Å². The molecule has 0 aliphatic carbocycles. The Labute approximate surface area is 177 Å². The van der Waals surface area contributed by atoms with Crippen molar-refractivity contribution in [1.29, 1.82) is 0 Å². The molecule has 1 atom stereocenters. The summed E-state index contributed by atoms with van der Waals surface area (Å²) in [5, 5.41) is 17.7. The van der Waals surface area contributed by atoms with E-state index in [-0.39, 0.29) is 31.6 Å². The zero-order chi connectivity index (χ0) is 21.0. The van der Waals surface area contributed by atoms with Crippen LogP contribution in [0.1, 0.15) is 15.9 Å². The molecule has 1 aromatic heterocycles. The molecule has 9 heteroatoms. The Balaban J connectivity index is 1.59. The molecule has 1 fully saturated rings. The highest BCUT2D eigenvalue weighted by Gasteiger charge is 2.37. The van der Waals surface area contributed by atoms with Gasteiger partial charge in [-0.25, -0.2) is 4.79 Å². The van der Waals surface area contributed by atoms with E-state index in [9.17, 15) is 14.7 Å². The SMILES string of the molecule is Cc1ccc2[nH]ncc2c1-c1ccc2c(c1Cl)OC[C@@H]1CN(C(=O)O)CCN1C2=O. The van der Waals surface area contributed by atoms with E-state index in [2.05, 4.69) is 10.2 Å². The predicted octanol–water partition coefficient (Wildman–Crippen LogP) is 3.39. The number of hydrogen-bond donors (Lipinski definition) is 2. The third-order valence-electron chi connectivity index (χ3n) is 5.86. The Hall–Kier alpha value is -3.26. The molecule has 2 aromatic carbocycles. The summed E-state index contributed by atoms with van der Waals surface area (Å²) in [6.45, 7) is 3.00. The van der Waals surface area contributed by atoms with Gasteiger partial charge in [-0.3, -0.25) is 9.89 Å². The van der Waals surface area contributed by atoms with E-state index < -0.39 is 6.09 Å². The van der Waals surface area contributed by atoms with E-state index in [0.29, 0.717) is 22.9 Å². The zero-order valence-corrected chi connectivity index (χ0v) is 16.9. The lowest BCUT2D eigenvalue weighted by Crippen LogP contribution is -2.57. The highest BCUT2D eigenvalue weighted by Crippen LogP contribution is 2.43. The van der Waals surface area contributed by atoms with Crippen molar-refractivity contribution >= 4 is 34.5 Å². The highest BCUT2D eigenvalue weighted by molar-refractivity contribution is 6.36. The van der Waals surface area contributed by atoms with Crippen LogP contribution < -0.4 is 4.74 Å². The Morgan fingerprint density at radius 3 is 2.87 bits per heavy atom. The number of hydrogen-bond acceptors (Lipinski definition) is 4. The van der Waals surface area contributed by atoms with Gasteiger partial charge in [0.05, 0.1) is 28.3 Å². The fourth-order valence-corrected chi connectivity index (χ4v) is 4.63. The van der Waals surface area contributed by atoms with Gasteiger partial charge in [-0.15, -0.1) is 0 Å². The number of nitrogens with zero attached hydrogens (tertiary/aromatic N) is 3. The molecule has 0 radical (unpaired) electrons. The van der Waals surface area contributed by atoms with Crippen LogP contribution in [0.2, 0.25) is 5.02 Å². The largest absolute Gasteiger partial charge is 0.489 e. The van der Waals surface area contributed by atoms with Crippen LogP contribution in [0, 0.1) is 6.92 Å². The normalized spacial score (nSPS) is 18.6. The lowest BCUT2D eigenvalue weighted by Gasteiger charge is -2.38. The van der Waals surface area contributed by atoms with E-state index in [1.54, 1.807) is 17.2 Å². The second-order valence-corrected chi connectivity index (χ2v) is 7.96. The molecular formula is C21H19ClN4O4. The standard InChI is InChI=1S/C21H19ClN4O4/c1-11-2-5-16-15(8-23-24-16)17(11)13-3-4-14-19(18(13)22)30-10-12-9-25(21(28)29)6-7-26(12)20(14)27/h2-5,8,12H,6-7,9-10H2,1H3,(H,23,24)(H,28,29)/t12-/m0/s1. The van der Waals surface area contributed by atoms with Crippen molar-refractivity contribution in [2.24, 2.45) is 0 Å². The molecule has 2 aliphatic heterocycles. The monoisotopic (exact) mass is 426 g/mol. The first-order valence-corrected chi connectivity index (χ1v) is 10.0. The molecule has 0 bridgehead atoms. The number of carbonyl (C=O) groups is 2. The van der Waals surface area contributed by atoms with Gasteiger partial charge in [-0.05, 0) is 30.2 Å². The van der Waals surface area contributed by atoms with E-state index in [1.807, 2.05) is 25.1 Å². The zero-order valence-electron chi connectivity index (χ0n) is 16.2. The van der Waals surface area contributed by atoms with Gasteiger partial charge in [-0.1, -0.05) is 23.7 Å². The van der Waals surface area contributed by atoms with Gasteiger partial charge in [0.25, 0.3) is 5.91 Å². The van der Waals surface area contributed by atoms with Gasteiger partial charge >= 0.3 is 6.09 Å². The Morgan fingerprint density at radius 1 is 1.27 bits per heavy atom. The number of benzene rings is 2. The maximum absolute atomic E-state index is 13.2. The topological polar surface area (TPSA) is 98.8 Å². The minimum atomic E-state index is -0.993. The lowest BCUT2D eigenvalue weighted by molar-refractivity contribution is 0.0390. The summed E-state index contributed by atoms with van der Waals surface area (Å²) in [6.07, 6.45) is 0.764. The molecular weight excluding hydrogens is 408 g/mol. The van der Waals surface area contributed by atoms with Crippen LogP contribution in [-0.2, 0) is 0 Å². The number of aromatic amines is 1. The van der Waals surface area contributed by atoms with Crippen molar-refractivity contribution in [2.45, 2.75) is 13.0 Å².